The van der Waals surface area contributed by atoms with Gasteiger partial charge in [-0.2, -0.15) is 10.5 Å². The number of para-hydroxylation sites is 1. The summed E-state index contributed by atoms with van der Waals surface area (Å²) in [6.45, 7) is 0. The lowest BCUT2D eigenvalue weighted by Crippen LogP contribution is -1.97. The molecule has 0 atom stereocenters. The van der Waals surface area contributed by atoms with Gasteiger partial charge in [0.1, 0.15) is 0 Å². The van der Waals surface area contributed by atoms with E-state index in [-0.39, 0.29) is 0 Å². The van der Waals surface area contributed by atoms with E-state index in [2.05, 4.69) is 106 Å². The summed E-state index contributed by atoms with van der Waals surface area (Å²) < 4.78 is 7.02. The van der Waals surface area contributed by atoms with E-state index in [1.807, 2.05) is 66.1 Å². The van der Waals surface area contributed by atoms with E-state index in [9.17, 15) is 10.5 Å². The molecule has 0 aliphatic heterocycles. The maximum atomic E-state index is 10.2. The molecule has 0 amide bonds. The number of fused-ring (bicyclic) bond motifs is 9. The zero-order valence-corrected chi connectivity index (χ0v) is 26.7. The molecular formula is C43H23N5S. The van der Waals surface area contributed by atoms with Crippen LogP contribution < -0.4 is 0 Å². The molecule has 0 saturated carbocycles. The van der Waals surface area contributed by atoms with Crippen LogP contribution >= 0.6 is 11.3 Å². The summed E-state index contributed by atoms with van der Waals surface area (Å²) in [5.41, 5.74) is 10.2. The van der Waals surface area contributed by atoms with Crippen molar-refractivity contribution in [1.29, 1.82) is 10.5 Å². The molecule has 0 spiro atoms. The van der Waals surface area contributed by atoms with Gasteiger partial charge in [0.2, 0.25) is 0 Å². The number of hydrogen-bond acceptors (Lipinski definition) is 4. The summed E-state index contributed by atoms with van der Waals surface area (Å²) >= 11 is 1.82. The number of thiophene rings is 1. The molecule has 0 fully saturated rings. The fourth-order valence-electron chi connectivity index (χ4n) is 7.44. The van der Waals surface area contributed by atoms with Gasteiger partial charge >= 0.3 is 0 Å². The SMILES string of the molecule is N#Cc1cc(-c2cccc(-n3c4cc5c(cc4c4ncccc43)sc3ccccc35)c2)cc(-n2c3ccccc3c3cc(C#N)ccc32)c1. The van der Waals surface area contributed by atoms with Gasteiger partial charge in [0.15, 0.2) is 0 Å². The van der Waals surface area contributed by atoms with E-state index in [0.717, 1.165) is 66.2 Å². The average Bonchev–Trinajstić information content (AvgIpc) is 3.80. The maximum Gasteiger partial charge on any atom is 0.0992 e. The van der Waals surface area contributed by atoms with E-state index >= 15 is 0 Å². The van der Waals surface area contributed by atoms with Crippen LogP contribution in [0.3, 0.4) is 0 Å². The van der Waals surface area contributed by atoms with Crippen LogP contribution in [-0.4, -0.2) is 14.1 Å². The third-order valence-corrected chi connectivity index (χ3v) is 10.7. The first kappa shape index (κ1) is 27.4. The Morgan fingerprint density at radius 1 is 0.469 bits per heavy atom. The first-order valence-corrected chi connectivity index (χ1v) is 16.8. The minimum absolute atomic E-state index is 0.574. The van der Waals surface area contributed by atoms with Gasteiger partial charge in [-0.15, -0.1) is 11.3 Å². The minimum Gasteiger partial charge on any atom is -0.309 e. The second-order valence-electron chi connectivity index (χ2n) is 12.3. The van der Waals surface area contributed by atoms with Gasteiger partial charge < -0.3 is 9.13 Å². The Balaban J connectivity index is 1.20. The lowest BCUT2D eigenvalue weighted by molar-refractivity contribution is 1.17. The number of nitrogens with zero attached hydrogens (tertiary/aromatic N) is 5. The fourth-order valence-corrected chi connectivity index (χ4v) is 8.57. The molecule has 5 nitrogen and oxygen atoms in total. The lowest BCUT2D eigenvalue weighted by atomic mass is 10.0. The molecule has 0 N–H and O–H groups in total. The molecule has 0 unspecified atom stereocenters. The lowest BCUT2D eigenvalue weighted by Gasteiger charge is -2.13. The molecule has 49 heavy (non-hydrogen) atoms. The second-order valence-corrected chi connectivity index (χ2v) is 13.4. The van der Waals surface area contributed by atoms with Crippen molar-refractivity contribution in [2.75, 3.05) is 0 Å². The zero-order chi connectivity index (χ0) is 32.6. The average molecular weight is 642 g/mol. The summed E-state index contributed by atoms with van der Waals surface area (Å²) in [5, 5.41) is 25.5. The van der Waals surface area contributed by atoms with E-state index in [0.29, 0.717) is 11.1 Å². The second kappa shape index (κ2) is 10.4. The van der Waals surface area contributed by atoms with Crippen molar-refractivity contribution in [1.82, 2.24) is 14.1 Å². The van der Waals surface area contributed by atoms with Crippen molar-refractivity contribution in [2.24, 2.45) is 0 Å². The Morgan fingerprint density at radius 3 is 2.14 bits per heavy atom. The Hall–Kier alpha value is -6.73. The fraction of sp³-hybridized carbons (Fsp3) is 0. The smallest absolute Gasteiger partial charge is 0.0992 e. The van der Waals surface area contributed by atoms with Gasteiger partial charge in [-0.05, 0) is 96.1 Å². The molecule has 0 bridgehead atoms. The van der Waals surface area contributed by atoms with Gasteiger partial charge in [0, 0.05) is 53.9 Å². The van der Waals surface area contributed by atoms with Crippen LogP contribution in [0.2, 0.25) is 0 Å². The predicted octanol–water partition coefficient (Wildman–Crippen LogP) is 11.1. The van der Waals surface area contributed by atoms with E-state index in [4.69, 9.17) is 4.98 Å². The van der Waals surface area contributed by atoms with Crippen molar-refractivity contribution in [3.05, 3.63) is 151 Å². The molecule has 6 heteroatoms. The van der Waals surface area contributed by atoms with Crippen molar-refractivity contribution in [2.45, 2.75) is 0 Å². The molecule has 4 aromatic heterocycles. The standard InChI is InChI=1S/C43H23N5S/c44-24-26-14-15-38-34(19-26)32-9-1-3-11-37(32)48(38)31-18-27(25-45)17-29(21-31)28-7-5-8-30(20-28)47-39-12-6-16-46-43(39)36-23-42-35(22-40(36)47)33-10-2-4-13-41(33)49-42/h1-23H. The van der Waals surface area contributed by atoms with Crippen LogP contribution in [0, 0.1) is 22.7 Å². The highest BCUT2D eigenvalue weighted by atomic mass is 32.1. The molecule has 0 radical (unpaired) electrons. The van der Waals surface area contributed by atoms with Crippen molar-refractivity contribution in [3.63, 3.8) is 0 Å². The van der Waals surface area contributed by atoms with E-state index < -0.39 is 0 Å². The van der Waals surface area contributed by atoms with Gasteiger partial charge in [-0.25, -0.2) is 0 Å². The molecule has 226 valence electrons. The van der Waals surface area contributed by atoms with Gasteiger partial charge in [-0.3, -0.25) is 4.98 Å². The molecule has 6 aromatic carbocycles. The molecule has 10 rings (SSSR count). The van der Waals surface area contributed by atoms with Gasteiger partial charge in [-0.1, -0.05) is 48.5 Å². The zero-order valence-electron chi connectivity index (χ0n) is 25.9. The highest BCUT2D eigenvalue weighted by Crippen LogP contribution is 2.41. The quantitative estimate of drug-likeness (QED) is 0.193. The molecule has 10 aromatic rings. The van der Waals surface area contributed by atoms with Crippen LogP contribution in [0.5, 0.6) is 0 Å². The molecule has 0 aliphatic carbocycles. The maximum absolute atomic E-state index is 10.2. The normalized spacial score (nSPS) is 11.6. The summed E-state index contributed by atoms with van der Waals surface area (Å²) in [6, 6.07) is 50.6. The number of hydrogen-bond donors (Lipinski definition) is 0. The highest BCUT2D eigenvalue weighted by molar-refractivity contribution is 7.25. The summed E-state index contributed by atoms with van der Waals surface area (Å²) in [6.07, 6.45) is 1.86. The molecule has 4 heterocycles. The first-order valence-electron chi connectivity index (χ1n) is 16.0. The third kappa shape index (κ3) is 4.06. The molecular weight excluding hydrogens is 619 g/mol. The predicted molar refractivity (Wildman–Crippen MR) is 201 cm³/mol. The highest BCUT2D eigenvalue weighted by Gasteiger charge is 2.18. The van der Waals surface area contributed by atoms with Crippen molar-refractivity contribution >= 4 is 75.3 Å². The largest absolute Gasteiger partial charge is 0.309 e. The summed E-state index contributed by atoms with van der Waals surface area (Å²) in [7, 11) is 0. The van der Waals surface area contributed by atoms with Crippen LogP contribution in [0.4, 0.5) is 0 Å². The Kier molecular flexibility index (Phi) is 5.81. The van der Waals surface area contributed by atoms with E-state index in [1.54, 1.807) is 0 Å². The Morgan fingerprint density at radius 2 is 1.24 bits per heavy atom. The number of nitriles is 2. The summed E-state index contributed by atoms with van der Waals surface area (Å²) in [5.74, 6) is 0. The van der Waals surface area contributed by atoms with E-state index in [1.165, 1.54) is 20.2 Å². The summed E-state index contributed by atoms with van der Waals surface area (Å²) in [4.78, 5) is 4.85. The molecule has 0 aliphatic rings. The Labute approximate surface area is 284 Å². The monoisotopic (exact) mass is 641 g/mol. The van der Waals surface area contributed by atoms with Gasteiger partial charge in [0.25, 0.3) is 0 Å². The number of benzene rings is 6. The number of aromatic nitrogens is 3. The van der Waals surface area contributed by atoms with Crippen LogP contribution in [0.15, 0.2) is 140 Å². The Bertz CT molecular complexity index is 3090. The number of pyridine rings is 1. The van der Waals surface area contributed by atoms with Crippen LogP contribution in [0.1, 0.15) is 11.1 Å². The van der Waals surface area contributed by atoms with Crippen LogP contribution in [0.25, 0.3) is 86.4 Å². The van der Waals surface area contributed by atoms with Crippen molar-refractivity contribution < 1.29 is 0 Å². The third-order valence-electron chi connectivity index (χ3n) is 9.56. The van der Waals surface area contributed by atoms with Crippen LogP contribution in [-0.2, 0) is 0 Å². The number of rotatable bonds is 3. The van der Waals surface area contributed by atoms with Gasteiger partial charge in [0.05, 0.1) is 50.8 Å². The van der Waals surface area contributed by atoms with Crippen molar-refractivity contribution in [3.8, 4) is 34.6 Å². The minimum atomic E-state index is 0.574. The molecule has 0 saturated heterocycles. The topological polar surface area (TPSA) is 70.3 Å². The first-order chi connectivity index (χ1) is 24.2.